The Hall–Kier alpha value is -0.910. The highest BCUT2D eigenvalue weighted by atomic mass is 35.5. The fourth-order valence-corrected chi connectivity index (χ4v) is 3.65. The van der Waals surface area contributed by atoms with Gasteiger partial charge in [-0.1, -0.05) is 12.1 Å². The normalized spacial score (nSPS) is 24.0. The molecule has 6 heteroatoms. The molecule has 0 bridgehead atoms. The van der Waals surface area contributed by atoms with Crippen LogP contribution in [0.4, 0.5) is 5.69 Å². The molecule has 1 aromatic rings. The number of hydrogen-bond acceptors (Lipinski definition) is 4. The molecule has 0 saturated carbocycles. The van der Waals surface area contributed by atoms with Crippen LogP contribution < -0.4 is 10.2 Å². The molecule has 1 saturated heterocycles. The van der Waals surface area contributed by atoms with Crippen LogP contribution in [0.25, 0.3) is 0 Å². The van der Waals surface area contributed by atoms with Crippen LogP contribution >= 0.6 is 24.2 Å². The molecule has 0 spiro atoms. The van der Waals surface area contributed by atoms with E-state index < -0.39 is 12.0 Å². The molecule has 0 radical (unpaired) electrons. The number of carboxylic acids is 1. The van der Waals surface area contributed by atoms with E-state index in [1.165, 1.54) is 0 Å². The van der Waals surface area contributed by atoms with Gasteiger partial charge in [0.25, 0.3) is 0 Å². The Labute approximate surface area is 130 Å². The first-order chi connectivity index (χ1) is 8.81. The first-order valence-corrected chi connectivity index (χ1v) is 7.13. The number of rotatable bonds is 3. The SMILES string of the molecule is CN(C)c1ccc(C2NC(C(=O)O)C(C)(C)S2)cc1.Cl. The molecule has 2 atom stereocenters. The molecule has 1 fully saturated rings. The standard InChI is InChI=1S/C14H20N2O2S.ClH/c1-14(2)11(13(17)18)15-12(19-14)9-5-7-10(8-6-9)16(3)4;/h5-8,11-12,15H,1-4H3,(H,17,18);1H. The maximum atomic E-state index is 11.3. The Morgan fingerprint density at radius 2 is 1.85 bits per heavy atom. The fourth-order valence-electron chi connectivity index (χ4n) is 2.24. The third-order valence-corrected chi connectivity index (χ3v) is 4.88. The molecule has 0 aliphatic carbocycles. The van der Waals surface area contributed by atoms with Gasteiger partial charge < -0.3 is 10.0 Å². The van der Waals surface area contributed by atoms with Gasteiger partial charge in [-0.15, -0.1) is 24.2 Å². The van der Waals surface area contributed by atoms with Crippen LogP contribution in [0.2, 0.25) is 0 Å². The van der Waals surface area contributed by atoms with E-state index in [1.54, 1.807) is 11.8 Å². The zero-order chi connectivity index (χ0) is 14.2. The van der Waals surface area contributed by atoms with Crippen LogP contribution in [0.3, 0.4) is 0 Å². The van der Waals surface area contributed by atoms with Gasteiger partial charge in [-0.05, 0) is 31.5 Å². The summed E-state index contributed by atoms with van der Waals surface area (Å²) in [5, 5.41) is 12.5. The molecule has 1 heterocycles. The summed E-state index contributed by atoms with van der Waals surface area (Å²) < 4.78 is -0.309. The van der Waals surface area contributed by atoms with Crippen molar-refractivity contribution in [3.8, 4) is 0 Å². The Kier molecular flexibility index (Phi) is 5.35. The summed E-state index contributed by atoms with van der Waals surface area (Å²) in [6.07, 6.45) is 0. The Morgan fingerprint density at radius 1 is 1.30 bits per heavy atom. The number of anilines is 1. The minimum Gasteiger partial charge on any atom is -0.480 e. The van der Waals surface area contributed by atoms with Crippen LogP contribution in [-0.2, 0) is 4.79 Å². The van der Waals surface area contributed by atoms with E-state index in [4.69, 9.17) is 0 Å². The highest BCUT2D eigenvalue weighted by Gasteiger charge is 2.45. The molecule has 112 valence electrons. The second kappa shape index (κ2) is 6.24. The number of carbonyl (C=O) groups is 1. The molecule has 2 rings (SSSR count). The van der Waals surface area contributed by atoms with E-state index in [-0.39, 0.29) is 22.5 Å². The van der Waals surface area contributed by atoms with E-state index in [0.717, 1.165) is 11.3 Å². The van der Waals surface area contributed by atoms with Gasteiger partial charge in [0.05, 0.1) is 5.37 Å². The summed E-state index contributed by atoms with van der Waals surface area (Å²) in [5.41, 5.74) is 2.26. The molecule has 1 aromatic carbocycles. The third-order valence-electron chi connectivity index (χ3n) is 3.39. The average Bonchev–Trinajstić information content (AvgIpc) is 2.65. The third kappa shape index (κ3) is 3.40. The van der Waals surface area contributed by atoms with E-state index in [2.05, 4.69) is 29.6 Å². The topological polar surface area (TPSA) is 52.6 Å². The summed E-state index contributed by atoms with van der Waals surface area (Å²) in [6.45, 7) is 3.94. The van der Waals surface area contributed by atoms with Crippen molar-refractivity contribution in [1.29, 1.82) is 0 Å². The van der Waals surface area contributed by atoms with Crippen LogP contribution in [-0.4, -0.2) is 36.0 Å². The summed E-state index contributed by atoms with van der Waals surface area (Å²) >= 11 is 1.67. The number of hydrogen-bond donors (Lipinski definition) is 2. The molecule has 2 N–H and O–H groups in total. The first-order valence-electron chi connectivity index (χ1n) is 6.25. The Balaban J connectivity index is 0.00000200. The monoisotopic (exact) mass is 316 g/mol. The Morgan fingerprint density at radius 3 is 2.25 bits per heavy atom. The van der Waals surface area contributed by atoms with Crippen molar-refractivity contribution in [2.45, 2.75) is 30.0 Å². The van der Waals surface area contributed by atoms with Gasteiger partial charge in [0.1, 0.15) is 6.04 Å². The van der Waals surface area contributed by atoms with Crippen LogP contribution in [0, 0.1) is 0 Å². The van der Waals surface area contributed by atoms with E-state index in [9.17, 15) is 9.90 Å². The molecular weight excluding hydrogens is 296 g/mol. The summed E-state index contributed by atoms with van der Waals surface area (Å²) in [6, 6.07) is 7.70. The molecule has 1 aliphatic heterocycles. The van der Waals surface area contributed by atoms with Gasteiger partial charge in [-0.3, -0.25) is 10.1 Å². The van der Waals surface area contributed by atoms with Gasteiger partial charge in [-0.25, -0.2) is 0 Å². The number of aliphatic carboxylic acids is 1. The zero-order valence-electron chi connectivity index (χ0n) is 12.1. The number of nitrogens with zero attached hydrogens (tertiary/aromatic N) is 1. The van der Waals surface area contributed by atoms with Gasteiger partial charge in [0.2, 0.25) is 0 Å². The smallest absolute Gasteiger partial charge is 0.322 e. The highest BCUT2D eigenvalue weighted by molar-refractivity contribution is 8.01. The van der Waals surface area contributed by atoms with Gasteiger partial charge in [-0.2, -0.15) is 0 Å². The zero-order valence-corrected chi connectivity index (χ0v) is 13.7. The van der Waals surface area contributed by atoms with E-state index >= 15 is 0 Å². The quantitative estimate of drug-likeness (QED) is 0.898. The predicted molar refractivity (Wildman–Crippen MR) is 87.0 cm³/mol. The lowest BCUT2D eigenvalue weighted by molar-refractivity contribution is -0.139. The van der Waals surface area contributed by atoms with Crippen molar-refractivity contribution in [1.82, 2.24) is 5.32 Å². The van der Waals surface area contributed by atoms with Crippen molar-refractivity contribution in [2.75, 3.05) is 19.0 Å². The molecule has 2 unspecified atom stereocenters. The number of halogens is 1. The molecule has 0 amide bonds. The lowest BCUT2D eigenvalue weighted by Gasteiger charge is -2.20. The number of benzene rings is 1. The van der Waals surface area contributed by atoms with Crippen molar-refractivity contribution in [3.63, 3.8) is 0 Å². The van der Waals surface area contributed by atoms with Gasteiger partial charge in [0, 0.05) is 24.5 Å². The molecular formula is C14H21ClN2O2S. The van der Waals surface area contributed by atoms with Crippen LogP contribution in [0.5, 0.6) is 0 Å². The lowest BCUT2D eigenvalue weighted by Crippen LogP contribution is -2.43. The summed E-state index contributed by atoms with van der Waals surface area (Å²) in [5.74, 6) is -0.787. The van der Waals surface area contributed by atoms with E-state index in [0.29, 0.717) is 0 Å². The molecule has 1 aliphatic rings. The second-order valence-corrected chi connectivity index (χ2v) is 7.28. The minimum atomic E-state index is -0.787. The highest BCUT2D eigenvalue weighted by Crippen LogP contribution is 2.45. The Bertz CT molecular complexity index is 477. The van der Waals surface area contributed by atoms with Crippen molar-refractivity contribution in [3.05, 3.63) is 29.8 Å². The van der Waals surface area contributed by atoms with Crippen LogP contribution in [0.1, 0.15) is 24.8 Å². The second-order valence-electron chi connectivity index (χ2n) is 5.53. The molecule has 4 nitrogen and oxygen atoms in total. The predicted octanol–water partition coefficient (Wildman–Crippen LogP) is 2.74. The summed E-state index contributed by atoms with van der Waals surface area (Å²) in [4.78, 5) is 13.3. The first kappa shape index (κ1) is 17.1. The number of thioether (sulfide) groups is 1. The largest absolute Gasteiger partial charge is 0.480 e. The van der Waals surface area contributed by atoms with Gasteiger partial charge >= 0.3 is 5.97 Å². The minimum absolute atomic E-state index is 0. The lowest BCUT2D eigenvalue weighted by atomic mass is 10.0. The van der Waals surface area contributed by atoms with Crippen LogP contribution in [0.15, 0.2) is 24.3 Å². The molecule has 0 aromatic heterocycles. The van der Waals surface area contributed by atoms with E-state index in [1.807, 2.05) is 32.8 Å². The van der Waals surface area contributed by atoms with Gasteiger partial charge in [0.15, 0.2) is 0 Å². The maximum absolute atomic E-state index is 11.3. The van der Waals surface area contributed by atoms with Crippen molar-refractivity contribution >= 4 is 35.8 Å². The van der Waals surface area contributed by atoms with Crippen molar-refractivity contribution < 1.29 is 9.90 Å². The number of nitrogens with one attached hydrogen (secondary N) is 1. The fraction of sp³-hybridized carbons (Fsp3) is 0.500. The van der Waals surface area contributed by atoms with Crippen molar-refractivity contribution in [2.24, 2.45) is 0 Å². The average molecular weight is 317 g/mol. The maximum Gasteiger partial charge on any atom is 0.322 e. The number of carboxylic acid groups (broad SMARTS) is 1. The summed E-state index contributed by atoms with van der Waals surface area (Å²) in [7, 11) is 4.00. The molecule has 20 heavy (non-hydrogen) atoms.